The zero-order chi connectivity index (χ0) is 26.6. The highest BCUT2D eigenvalue weighted by molar-refractivity contribution is 5.85. The number of carbonyl (C=O) groups excluding carboxylic acids is 1. The monoisotopic (exact) mass is 510 g/mol. The predicted molar refractivity (Wildman–Crippen MR) is 135 cm³/mol. The summed E-state index contributed by atoms with van der Waals surface area (Å²) in [7, 11) is 0. The fourth-order valence-corrected chi connectivity index (χ4v) is 4.95. The molecule has 1 amide bonds. The summed E-state index contributed by atoms with van der Waals surface area (Å²) in [5.74, 6) is -1.24. The Hall–Kier alpha value is -2.83. The van der Waals surface area contributed by atoms with Crippen LogP contribution in [0.1, 0.15) is 57.2 Å². The second-order valence-electron chi connectivity index (χ2n) is 10.6. The maximum absolute atomic E-state index is 14.3. The van der Waals surface area contributed by atoms with Crippen LogP contribution in [0.2, 0.25) is 0 Å². The first-order valence-electron chi connectivity index (χ1n) is 12.7. The van der Waals surface area contributed by atoms with Gasteiger partial charge in [0.25, 0.3) is 5.91 Å². The van der Waals surface area contributed by atoms with Crippen LogP contribution in [-0.2, 0) is 37.0 Å². The Morgan fingerprint density at radius 2 is 1.81 bits per heavy atom. The average molecular weight is 511 g/mol. The number of nitrogens with zero attached hydrogens (tertiary/aromatic N) is 1. The number of nitrogens with one attached hydrogen (secondary N) is 1. The van der Waals surface area contributed by atoms with Crippen LogP contribution < -0.4 is 5.32 Å². The molecule has 2 aliphatic rings. The Morgan fingerprint density at radius 3 is 2.51 bits per heavy atom. The van der Waals surface area contributed by atoms with E-state index in [4.69, 9.17) is 18.9 Å². The van der Waals surface area contributed by atoms with E-state index in [-0.39, 0.29) is 43.7 Å². The van der Waals surface area contributed by atoms with Crippen molar-refractivity contribution in [2.75, 3.05) is 6.54 Å². The van der Waals surface area contributed by atoms with Gasteiger partial charge in [-0.15, -0.1) is 0 Å². The average Bonchev–Trinajstić information content (AvgIpc) is 3.19. The minimum Gasteiger partial charge on any atom is -0.370 e. The lowest BCUT2D eigenvalue weighted by Gasteiger charge is -2.43. The number of ether oxygens (including phenoxy) is 4. The molecule has 0 radical (unpaired) electrons. The number of benzene rings is 2. The highest BCUT2D eigenvalue weighted by Gasteiger charge is 2.58. The van der Waals surface area contributed by atoms with E-state index in [1.54, 1.807) is 30.3 Å². The fourth-order valence-electron chi connectivity index (χ4n) is 4.95. The molecule has 2 aromatic carbocycles. The summed E-state index contributed by atoms with van der Waals surface area (Å²) in [4.78, 5) is 13.7. The second kappa shape index (κ2) is 11.3. The lowest BCUT2D eigenvalue weighted by atomic mass is 9.78. The lowest BCUT2D eigenvalue weighted by Crippen LogP contribution is -2.60. The van der Waals surface area contributed by atoms with Crippen molar-refractivity contribution >= 4 is 5.91 Å². The number of hydrogen-bond donors (Lipinski definition) is 1. The van der Waals surface area contributed by atoms with Crippen LogP contribution >= 0.6 is 0 Å². The van der Waals surface area contributed by atoms with Crippen molar-refractivity contribution in [3.63, 3.8) is 0 Å². The molecule has 37 heavy (non-hydrogen) atoms. The topological polar surface area (TPSA) is 89.8 Å². The van der Waals surface area contributed by atoms with E-state index in [0.29, 0.717) is 23.2 Å². The largest absolute Gasteiger partial charge is 0.370 e. The van der Waals surface area contributed by atoms with Crippen LogP contribution in [0.4, 0.5) is 4.39 Å². The number of carbonyl (C=O) groups is 1. The highest BCUT2D eigenvalue weighted by Crippen LogP contribution is 2.44. The molecular weight excluding hydrogens is 475 g/mol. The van der Waals surface area contributed by atoms with Crippen LogP contribution in [0, 0.1) is 23.1 Å². The Kier molecular flexibility index (Phi) is 8.29. The van der Waals surface area contributed by atoms with Gasteiger partial charge in [-0.3, -0.25) is 4.79 Å². The van der Waals surface area contributed by atoms with Crippen molar-refractivity contribution in [2.24, 2.45) is 5.92 Å². The summed E-state index contributed by atoms with van der Waals surface area (Å²) in [5.41, 5.74) is 0.308. The van der Waals surface area contributed by atoms with Gasteiger partial charge in [-0.25, -0.2) is 4.39 Å². The molecule has 1 heterocycles. The molecular formula is C29H35FN2O5. The van der Waals surface area contributed by atoms with Gasteiger partial charge in [0.2, 0.25) is 0 Å². The number of halogens is 1. The van der Waals surface area contributed by atoms with Gasteiger partial charge >= 0.3 is 0 Å². The van der Waals surface area contributed by atoms with Gasteiger partial charge in [0.05, 0.1) is 37.1 Å². The van der Waals surface area contributed by atoms with Crippen molar-refractivity contribution in [1.29, 1.82) is 5.26 Å². The molecule has 0 unspecified atom stereocenters. The normalized spacial score (nSPS) is 26.5. The molecule has 4 atom stereocenters. The SMILES string of the molecule is CC(C)CNC(=O)[C@@]1(OCc2ccccc2C#N)C[C@H](OCc2ccccc2F)[C@@H]2OC(C)(C)O[C@@H]2C1. The first-order chi connectivity index (χ1) is 17.6. The van der Waals surface area contributed by atoms with E-state index in [2.05, 4.69) is 11.4 Å². The number of fused-ring (bicyclic) bond motifs is 1. The van der Waals surface area contributed by atoms with E-state index in [1.165, 1.54) is 6.07 Å². The Morgan fingerprint density at radius 1 is 1.11 bits per heavy atom. The molecule has 0 spiro atoms. The zero-order valence-corrected chi connectivity index (χ0v) is 21.8. The molecule has 0 aromatic heterocycles. The van der Waals surface area contributed by atoms with E-state index in [0.717, 1.165) is 0 Å². The molecule has 2 fully saturated rings. The number of rotatable bonds is 9. The third kappa shape index (κ3) is 6.36. The summed E-state index contributed by atoms with van der Waals surface area (Å²) in [6.07, 6.45) is -1.04. The minimum atomic E-state index is -1.29. The van der Waals surface area contributed by atoms with Crippen molar-refractivity contribution in [2.45, 2.75) is 83.5 Å². The second-order valence-corrected chi connectivity index (χ2v) is 10.6. The zero-order valence-electron chi connectivity index (χ0n) is 21.8. The lowest BCUT2D eigenvalue weighted by molar-refractivity contribution is -0.183. The van der Waals surface area contributed by atoms with Crippen LogP contribution in [-0.4, -0.2) is 42.2 Å². The molecule has 8 heteroatoms. The van der Waals surface area contributed by atoms with Crippen LogP contribution in [0.15, 0.2) is 48.5 Å². The minimum absolute atomic E-state index is 0.0192. The molecule has 1 N–H and O–H groups in total. The molecule has 1 aliphatic carbocycles. The van der Waals surface area contributed by atoms with E-state index in [1.807, 2.05) is 39.8 Å². The van der Waals surface area contributed by atoms with Crippen LogP contribution in [0.3, 0.4) is 0 Å². The molecule has 0 bridgehead atoms. The first-order valence-corrected chi connectivity index (χ1v) is 12.7. The molecule has 7 nitrogen and oxygen atoms in total. The molecule has 2 aromatic rings. The highest BCUT2D eigenvalue weighted by atomic mass is 19.1. The Balaban J connectivity index is 1.63. The van der Waals surface area contributed by atoms with Crippen molar-refractivity contribution in [3.05, 3.63) is 71.0 Å². The summed E-state index contributed by atoms with van der Waals surface area (Å²) in [6.45, 7) is 8.26. The van der Waals surface area contributed by atoms with Gasteiger partial charge in [0.1, 0.15) is 11.9 Å². The molecule has 4 rings (SSSR count). The van der Waals surface area contributed by atoms with Crippen molar-refractivity contribution < 1.29 is 28.1 Å². The number of amides is 1. The predicted octanol–water partition coefficient (Wildman–Crippen LogP) is 4.62. The first kappa shape index (κ1) is 27.2. The van der Waals surface area contributed by atoms with Gasteiger partial charge in [-0.2, -0.15) is 5.26 Å². The summed E-state index contributed by atoms with van der Waals surface area (Å²) < 4.78 is 39.4. The van der Waals surface area contributed by atoms with Crippen LogP contribution in [0.25, 0.3) is 0 Å². The van der Waals surface area contributed by atoms with Gasteiger partial charge in [-0.05, 0) is 37.5 Å². The summed E-state index contributed by atoms with van der Waals surface area (Å²) in [5, 5.41) is 12.5. The Bertz CT molecular complexity index is 1150. The van der Waals surface area contributed by atoms with Gasteiger partial charge in [-0.1, -0.05) is 50.2 Å². The Labute approximate surface area is 217 Å². The van der Waals surface area contributed by atoms with Crippen molar-refractivity contribution in [1.82, 2.24) is 5.32 Å². The maximum atomic E-state index is 14.3. The van der Waals surface area contributed by atoms with E-state index in [9.17, 15) is 14.4 Å². The van der Waals surface area contributed by atoms with Gasteiger partial charge in [0.15, 0.2) is 11.4 Å². The quantitative estimate of drug-likeness (QED) is 0.529. The van der Waals surface area contributed by atoms with E-state index >= 15 is 0 Å². The molecule has 198 valence electrons. The van der Waals surface area contributed by atoms with Gasteiger partial charge < -0.3 is 24.3 Å². The molecule has 1 aliphatic heterocycles. The number of nitriles is 1. The third-order valence-electron chi connectivity index (χ3n) is 6.79. The number of hydrogen-bond acceptors (Lipinski definition) is 6. The standard InChI is InChI=1S/C29H35FN2O5/c1-19(2)16-32-27(33)29(35-18-21-10-6-5-9-20(21)15-31)13-24(26-25(14-29)36-28(3,4)37-26)34-17-22-11-7-8-12-23(22)30/h5-12,19,24-26H,13-14,16-18H2,1-4H3,(H,32,33)/t24-,25+,26-,29+/m0/s1. The summed E-state index contributed by atoms with van der Waals surface area (Å²) in [6, 6.07) is 15.8. The third-order valence-corrected chi connectivity index (χ3v) is 6.79. The van der Waals surface area contributed by atoms with Gasteiger partial charge in [0, 0.05) is 24.9 Å². The maximum Gasteiger partial charge on any atom is 0.252 e. The molecule has 1 saturated heterocycles. The fraction of sp³-hybridized carbons (Fsp3) is 0.517. The smallest absolute Gasteiger partial charge is 0.252 e. The van der Waals surface area contributed by atoms with Crippen molar-refractivity contribution in [3.8, 4) is 6.07 Å². The van der Waals surface area contributed by atoms with Crippen LogP contribution in [0.5, 0.6) is 0 Å². The molecule has 1 saturated carbocycles. The van der Waals surface area contributed by atoms with E-state index < -0.39 is 29.7 Å². The summed E-state index contributed by atoms with van der Waals surface area (Å²) >= 11 is 0.